The van der Waals surface area contributed by atoms with E-state index in [9.17, 15) is 0 Å². The number of aromatic nitrogens is 6. The minimum atomic E-state index is 0.630. The molecule has 84 heavy (non-hydrogen) atoms. The van der Waals surface area contributed by atoms with E-state index in [1.54, 1.807) is 0 Å². The molecule has 0 spiro atoms. The Hall–Kier alpha value is -11.3. The van der Waals surface area contributed by atoms with Crippen molar-refractivity contribution in [3.8, 4) is 79.0 Å². The van der Waals surface area contributed by atoms with Gasteiger partial charge >= 0.3 is 0 Å². The zero-order chi connectivity index (χ0) is 55.0. The Kier molecular flexibility index (Phi) is 9.99. The third-order valence-corrected chi connectivity index (χ3v) is 17.4. The van der Waals surface area contributed by atoms with Crippen molar-refractivity contribution in [2.24, 2.45) is 0 Å². The molecule has 388 valence electrons. The lowest BCUT2D eigenvalue weighted by Gasteiger charge is -2.19. The number of para-hydroxylation sites is 6. The summed E-state index contributed by atoms with van der Waals surface area (Å²) < 4.78 is 4.50. The average Bonchev–Trinajstić information content (AvgIpc) is 2.96. The number of hydrogen-bond donors (Lipinski definition) is 0. The van der Waals surface area contributed by atoms with Crippen molar-refractivity contribution in [3.63, 3.8) is 0 Å². The summed E-state index contributed by atoms with van der Waals surface area (Å²) in [5.74, 6) is 2.37. The normalized spacial score (nSPS) is 12.0. The van der Waals surface area contributed by atoms with Crippen molar-refractivity contribution in [3.05, 3.63) is 279 Å². The smallest absolute Gasteiger partial charge is 0.160 e. The van der Waals surface area contributed by atoms with Gasteiger partial charge in [0.25, 0.3) is 0 Å². The molecule has 18 rings (SSSR count). The predicted octanol–water partition coefficient (Wildman–Crippen LogP) is 20.1. The van der Waals surface area contributed by atoms with E-state index in [1.165, 1.54) is 64.6 Å². The van der Waals surface area contributed by atoms with Crippen LogP contribution in [-0.4, -0.2) is 29.1 Å². The molecule has 0 radical (unpaired) electrons. The Morgan fingerprint density at radius 3 is 1.21 bits per heavy atom. The molecule has 6 nitrogen and oxygen atoms in total. The van der Waals surface area contributed by atoms with Gasteiger partial charge in [-0.3, -0.25) is 9.13 Å². The monoisotopic (exact) mass is 1070 g/mol. The molecular formula is C78H46N6. The highest BCUT2D eigenvalue weighted by Gasteiger charge is 2.24. The molecule has 0 unspecified atom stereocenters. The minimum Gasteiger partial charge on any atom is -0.292 e. The lowest BCUT2D eigenvalue weighted by atomic mass is 9.86. The number of rotatable bonds is 8. The van der Waals surface area contributed by atoms with Crippen LogP contribution in [0.5, 0.6) is 0 Å². The Balaban J connectivity index is 0.902. The molecular weight excluding hydrogens is 1020 g/mol. The van der Waals surface area contributed by atoms with E-state index in [-0.39, 0.29) is 0 Å². The van der Waals surface area contributed by atoms with E-state index < -0.39 is 0 Å². The number of imidazole rings is 2. The largest absolute Gasteiger partial charge is 0.292 e. The van der Waals surface area contributed by atoms with Crippen LogP contribution in [0.15, 0.2) is 279 Å². The first kappa shape index (κ1) is 46.4. The zero-order valence-electron chi connectivity index (χ0n) is 45.2. The highest BCUT2D eigenvalue weighted by molar-refractivity contribution is 6.28. The summed E-state index contributed by atoms with van der Waals surface area (Å²) in [4.78, 5) is 22.0. The summed E-state index contributed by atoms with van der Waals surface area (Å²) in [6.07, 6.45) is 0. The van der Waals surface area contributed by atoms with Crippen molar-refractivity contribution in [2.75, 3.05) is 0 Å². The van der Waals surface area contributed by atoms with Gasteiger partial charge in [0.15, 0.2) is 5.82 Å². The van der Waals surface area contributed by atoms with Crippen molar-refractivity contribution in [1.82, 2.24) is 29.1 Å². The van der Waals surface area contributed by atoms with Crippen LogP contribution in [0.1, 0.15) is 0 Å². The van der Waals surface area contributed by atoms with E-state index >= 15 is 0 Å². The molecule has 0 N–H and O–H groups in total. The summed E-state index contributed by atoms with van der Waals surface area (Å²) in [6.45, 7) is 0. The molecule has 0 saturated carbocycles. The standard InChI is InChI=1S/C78H46N6/c1-3-17-58(18-4-1)83-68-23-9-7-21-66(68)79-77(83)55-33-29-53(30-34-55)74-65-46-57(60-41-37-51-27-25-47-13-11-15-49-39-43-62(60)72(51)70(47)49)45-64(61-42-38-52-28-26-48-14-12-16-50-40-44-63(61)73(52)71(48)50)75(65)82-76(81-74)54-31-35-56(36-32-54)78-80-67-22-8-10-24-69(67)84(78)59-19-5-2-6-20-59/h1-46H. The summed E-state index contributed by atoms with van der Waals surface area (Å²) in [5, 5.41) is 15.8. The first-order chi connectivity index (χ1) is 41.6. The fraction of sp³-hybridized carbons (Fsp3) is 0. The Morgan fingerprint density at radius 2 is 0.679 bits per heavy atom. The topological polar surface area (TPSA) is 61.4 Å². The highest BCUT2D eigenvalue weighted by atomic mass is 15.1. The second-order valence-electron chi connectivity index (χ2n) is 22.1. The van der Waals surface area contributed by atoms with Crippen LogP contribution in [0.3, 0.4) is 0 Å². The average molecular weight is 1070 g/mol. The van der Waals surface area contributed by atoms with Gasteiger partial charge in [0.2, 0.25) is 0 Å². The zero-order valence-corrected chi connectivity index (χ0v) is 45.2. The number of hydrogen-bond acceptors (Lipinski definition) is 4. The summed E-state index contributed by atoms with van der Waals surface area (Å²) >= 11 is 0. The lowest BCUT2D eigenvalue weighted by Crippen LogP contribution is -2.00. The molecule has 0 atom stereocenters. The molecule has 18 aromatic rings. The van der Waals surface area contributed by atoms with Gasteiger partial charge in [0.1, 0.15) is 11.6 Å². The Bertz CT molecular complexity index is 5610. The van der Waals surface area contributed by atoms with Crippen molar-refractivity contribution in [1.29, 1.82) is 0 Å². The first-order valence-electron chi connectivity index (χ1n) is 28.6. The minimum absolute atomic E-state index is 0.630. The van der Waals surface area contributed by atoms with Gasteiger partial charge in [-0.25, -0.2) is 19.9 Å². The summed E-state index contributed by atoms with van der Waals surface area (Å²) in [6, 6.07) is 101. The fourth-order valence-corrected chi connectivity index (χ4v) is 13.6. The molecule has 0 aliphatic carbocycles. The van der Waals surface area contributed by atoms with Gasteiger partial charge in [-0.1, -0.05) is 218 Å². The SMILES string of the molecule is c1ccc(-n2c(-c3ccc(-c4nc(-c5ccc(-c6nc7ccccc7n6-c6ccccc6)cc5)c5cc(-c6ccc7ccc8cccc9ccc6c7c89)cc(-c6ccc7ccc8cccc9ccc6c7c89)c5n4)cc3)nc3ccccc32)cc1. The van der Waals surface area contributed by atoms with Crippen molar-refractivity contribution < 1.29 is 0 Å². The van der Waals surface area contributed by atoms with Crippen LogP contribution in [-0.2, 0) is 0 Å². The van der Waals surface area contributed by atoms with Crippen LogP contribution in [0.4, 0.5) is 0 Å². The molecule has 0 bridgehead atoms. The fourth-order valence-electron chi connectivity index (χ4n) is 13.6. The number of nitrogens with zero attached hydrogens (tertiary/aromatic N) is 6. The van der Waals surface area contributed by atoms with E-state index in [2.05, 4.69) is 282 Å². The van der Waals surface area contributed by atoms with Crippen LogP contribution in [0.2, 0.25) is 0 Å². The first-order valence-corrected chi connectivity index (χ1v) is 28.6. The highest BCUT2D eigenvalue weighted by Crippen LogP contribution is 2.47. The Labute approximate surface area is 482 Å². The molecule has 0 saturated heterocycles. The van der Waals surface area contributed by atoms with Crippen LogP contribution in [0, 0.1) is 0 Å². The van der Waals surface area contributed by atoms with Crippen LogP contribution >= 0.6 is 0 Å². The van der Waals surface area contributed by atoms with E-state index in [4.69, 9.17) is 19.9 Å². The van der Waals surface area contributed by atoms with E-state index in [0.717, 1.165) is 106 Å². The summed E-state index contributed by atoms with van der Waals surface area (Å²) in [5.41, 5.74) is 16.1. The third kappa shape index (κ3) is 7.04. The summed E-state index contributed by atoms with van der Waals surface area (Å²) in [7, 11) is 0. The third-order valence-electron chi connectivity index (χ3n) is 17.4. The number of benzene rings is 15. The number of fused-ring (bicyclic) bond motifs is 3. The van der Waals surface area contributed by atoms with Crippen molar-refractivity contribution in [2.45, 2.75) is 0 Å². The molecule has 3 aromatic heterocycles. The van der Waals surface area contributed by atoms with Crippen LogP contribution in [0.25, 0.3) is 177 Å². The maximum Gasteiger partial charge on any atom is 0.160 e. The second-order valence-corrected chi connectivity index (χ2v) is 22.1. The maximum absolute atomic E-state index is 5.77. The van der Waals surface area contributed by atoms with E-state index in [1.807, 2.05) is 6.07 Å². The van der Waals surface area contributed by atoms with Gasteiger partial charge in [-0.2, -0.15) is 0 Å². The van der Waals surface area contributed by atoms with Crippen LogP contribution < -0.4 is 0 Å². The molecule has 0 aliphatic rings. The second kappa shape index (κ2) is 18.1. The van der Waals surface area contributed by atoms with Gasteiger partial charge in [-0.15, -0.1) is 0 Å². The molecule has 6 heteroatoms. The quantitative estimate of drug-likeness (QED) is 0.142. The van der Waals surface area contributed by atoms with Gasteiger partial charge in [0, 0.05) is 44.6 Å². The van der Waals surface area contributed by atoms with Gasteiger partial charge < -0.3 is 0 Å². The maximum atomic E-state index is 5.77. The molecule has 0 amide bonds. The van der Waals surface area contributed by atoms with E-state index in [0.29, 0.717) is 5.82 Å². The molecule has 15 aromatic carbocycles. The van der Waals surface area contributed by atoms with Crippen molar-refractivity contribution >= 4 is 97.6 Å². The lowest BCUT2D eigenvalue weighted by molar-refractivity contribution is 1.10. The predicted molar refractivity (Wildman–Crippen MR) is 349 cm³/mol. The molecule has 0 aliphatic heterocycles. The van der Waals surface area contributed by atoms with Gasteiger partial charge in [-0.05, 0) is 142 Å². The molecule has 3 heterocycles. The van der Waals surface area contributed by atoms with Gasteiger partial charge in [0.05, 0.1) is 33.3 Å². The molecule has 0 fully saturated rings. The Morgan fingerprint density at radius 1 is 0.250 bits per heavy atom.